The molecule has 31 heavy (non-hydrogen) atoms. The highest BCUT2D eigenvalue weighted by Gasteiger charge is 2.44. The van der Waals surface area contributed by atoms with Gasteiger partial charge in [-0.05, 0) is 42.5 Å². The largest absolute Gasteiger partial charge is 0.481 e. The maximum atomic E-state index is 13.2. The zero-order valence-corrected chi connectivity index (χ0v) is 17.0. The Morgan fingerprint density at radius 2 is 1.84 bits per heavy atom. The molecule has 0 spiro atoms. The molecule has 2 fully saturated rings. The highest BCUT2D eigenvalue weighted by Crippen LogP contribution is 2.30. The van der Waals surface area contributed by atoms with Gasteiger partial charge in [0.1, 0.15) is 5.54 Å². The number of urea groups is 1. The minimum absolute atomic E-state index is 0.129. The summed E-state index contributed by atoms with van der Waals surface area (Å²) in [6.07, 6.45) is 0.575. The summed E-state index contributed by atoms with van der Waals surface area (Å²) in [7, 11) is 0. The van der Waals surface area contributed by atoms with Crippen LogP contribution in [0.2, 0.25) is 0 Å². The smallest absolute Gasteiger partial charge is 0.322 e. The van der Waals surface area contributed by atoms with Crippen LogP contribution in [-0.2, 0) is 21.5 Å². The van der Waals surface area contributed by atoms with Gasteiger partial charge in [0.05, 0.1) is 5.92 Å². The van der Waals surface area contributed by atoms with E-state index in [0.29, 0.717) is 24.1 Å². The van der Waals surface area contributed by atoms with Crippen LogP contribution in [-0.4, -0.2) is 46.9 Å². The predicted molar refractivity (Wildman–Crippen MR) is 111 cm³/mol. The lowest BCUT2D eigenvalue weighted by atomic mass is 9.90. The van der Waals surface area contributed by atoms with Crippen molar-refractivity contribution in [2.45, 2.75) is 18.9 Å². The minimum atomic E-state index is -1.27. The molecule has 8 nitrogen and oxygen atoms in total. The van der Waals surface area contributed by atoms with Crippen LogP contribution in [0.15, 0.2) is 54.6 Å². The molecule has 2 aromatic rings. The van der Waals surface area contributed by atoms with Crippen LogP contribution in [0.4, 0.5) is 4.79 Å². The van der Waals surface area contributed by atoms with Crippen LogP contribution in [0, 0.1) is 11.8 Å². The van der Waals surface area contributed by atoms with E-state index in [2.05, 4.69) is 10.6 Å². The quantitative estimate of drug-likeness (QED) is 0.636. The number of carbonyl (C=O) groups excluding carboxylic acids is 3. The Balaban J connectivity index is 1.55. The number of benzene rings is 2. The topological polar surface area (TPSA) is 116 Å². The van der Waals surface area contributed by atoms with E-state index in [1.165, 1.54) is 0 Å². The maximum Gasteiger partial charge on any atom is 0.322 e. The van der Waals surface area contributed by atoms with Crippen LogP contribution in [0.3, 0.4) is 0 Å². The molecule has 2 aliphatic heterocycles. The maximum absolute atomic E-state index is 13.2. The lowest BCUT2D eigenvalue weighted by molar-refractivity contribution is -0.142. The zero-order valence-electron chi connectivity index (χ0n) is 17.0. The first-order valence-corrected chi connectivity index (χ1v) is 10.1. The number of hydrogen-bond acceptors (Lipinski definition) is 4. The Morgan fingerprint density at radius 1 is 1.10 bits per heavy atom. The van der Waals surface area contributed by atoms with Gasteiger partial charge in [-0.25, -0.2) is 4.79 Å². The average Bonchev–Trinajstić information content (AvgIpc) is 3.29. The van der Waals surface area contributed by atoms with Crippen molar-refractivity contribution in [2.75, 3.05) is 13.1 Å². The third-order valence-corrected chi connectivity index (χ3v) is 6.12. The normalized spacial score (nSPS) is 25.3. The molecule has 1 unspecified atom stereocenters. The summed E-state index contributed by atoms with van der Waals surface area (Å²) < 4.78 is 0. The molecule has 2 aromatic carbocycles. The van der Waals surface area contributed by atoms with Gasteiger partial charge in [0.2, 0.25) is 0 Å². The number of carboxylic acid groups (broad SMARTS) is 1. The van der Waals surface area contributed by atoms with Crippen LogP contribution >= 0.6 is 0 Å². The van der Waals surface area contributed by atoms with E-state index >= 15 is 0 Å². The summed E-state index contributed by atoms with van der Waals surface area (Å²) in [4.78, 5) is 50.4. The van der Waals surface area contributed by atoms with Gasteiger partial charge in [-0.3, -0.25) is 19.7 Å². The Bertz CT molecular complexity index is 1050. The third kappa shape index (κ3) is 3.88. The number of nitrogens with zero attached hydrogens (tertiary/aromatic N) is 1. The van der Waals surface area contributed by atoms with E-state index in [1.54, 1.807) is 36.1 Å². The second-order valence-electron chi connectivity index (χ2n) is 8.22. The van der Waals surface area contributed by atoms with E-state index in [9.17, 15) is 24.3 Å². The Morgan fingerprint density at radius 3 is 2.48 bits per heavy atom. The first-order valence-electron chi connectivity index (χ1n) is 10.1. The molecule has 4 amide bonds. The molecule has 4 rings (SSSR count). The van der Waals surface area contributed by atoms with Crippen molar-refractivity contribution in [1.29, 1.82) is 0 Å². The number of carbonyl (C=O) groups is 4. The molecule has 0 saturated carbocycles. The van der Waals surface area contributed by atoms with Crippen molar-refractivity contribution >= 4 is 23.8 Å². The van der Waals surface area contributed by atoms with E-state index in [0.717, 1.165) is 5.56 Å². The summed E-state index contributed by atoms with van der Waals surface area (Å²) in [6.45, 7) is 2.04. The number of amides is 4. The molecular formula is C23H23N3O5. The third-order valence-electron chi connectivity index (χ3n) is 6.12. The van der Waals surface area contributed by atoms with Gasteiger partial charge >= 0.3 is 12.0 Å². The summed E-state index contributed by atoms with van der Waals surface area (Å²) in [5.74, 6) is -2.54. The standard InChI is InChI=1S/C23H23N3O5/c1-23(21(30)24-22(31)25-23)17-9-5-8-15(11-17)19(27)26-12-16(18(13-26)20(28)29)10-14-6-3-2-4-7-14/h2-9,11,16,18H,10,12-13H2,1H3,(H,28,29)(H2,24,25,30,31)/t16-,18-,23?/m1/s1. The Hall–Kier alpha value is -3.68. The molecule has 0 aromatic heterocycles. The molecular weight excluding hydrogens is 398 g/mol. The van der Waals surface area contributed by atoms with Crippen molar-refractivity contribution in [3.05, 3.63) is 71.3 Å². The summed E-state index contributed by atoms with van der Waals surface area (Å²) in [6, 6.07) is 15.6. The van der Waals surface area contributed by atoms with Gasteiger partial charge in [0.25, 0.3) is 11.8 Å². The summed E-state index contributed by atoms with van der Waals surface area (Å²) in [5, 5.41) is 14.5. The number of imide groups is 1. The van der Waals surface area contributed by atoms with Gasteiger partial charge in [0, 0.05) is 18.7 Å². The molecule has 0 radical (unpaired) electrons. The fourth-order valence-corrected chi connectivity index (χ4v) is 4.33. The molecule has 0 bridgehead atoms. The molecule has 3 atom stereocenters. The Kier molecular flexibility index (Phi) is 5.22. The predicted octanol–water partition coefficient (Wildman–Crippen LogP) is 1.76. The van der Waals surface area contributed by atoms with Crippen LogP contribution in [0.25, 0.3) is 0 Å². The van der Waals surface area contributed by atoms with Crippen LogP contribution in [0.5, 0.6) is 0 Å². The lowest BCUT2D eigenvalue weighted by Gasteiger charge is -2.22. The van der Waals surface area contributed by atoms with Crippen LogP contribution < -0.4 is 10.6 Å². The monoisotopic (exact) mass is 421 g/mol. The van der Waals surface area contributed by atoms with Crippen molar-refractivity contribution in [3.63, 3.8) is 0 Å². The fraction of sp³-hybridized carbons (Fsp3) is 0.304. The lowest BCUT2D eigenvalue weighted by Crippen LogP contribution is -2.40. The number of likely N-dealkylation sites (tertiary alicyclic amines) is 1. The van der Waals surface area contributed by atoms with Gasteiger partial charge < -0.3 is 15.3 Å². The second-order valence-corrected chi connectivity index (χ2v) is 8.22. The molecule has 160 valence electrons. The molecule has 8 heteroatoms. The second kappa shape index (κ2) is 7.86. The Labute approximate surface area is 179 Å². The van der Waals surface area contributed by atoms with E-state index < -0.39 is 29.4 Å². The molecule has 2 saturated heterocycles. The van der Waals surface area contributed by atoms with Gasteiger partial charge in [-0.15, -0.1) is 0 Å². The SMILES string of the molecule is CC1(c2cccc(C(=O)N3C[C@@H](Cc4ccccc4)[C@H](C(=O)O)C3)c2)NC(=O)NC1=O. The van der Waals surface area contributed by atoms with Crippen molar-refractivity contribution in [3.8, 4) is 0 Å². The van der Waals surface area contributed by atoms with Crippen molar-refractivity contribution < 1.29 is 24.3 Å². The zero-order chi connectivity index (χ0) is 22.2. The summed E-state index contributed by atoms with van der Waals surface area (Å²) >= 11 is 0. The summed E-state index contributed by atoms with van der Waals surface area (Å²) in [5.41, 5.74) is 0.595. The highest BCUT2D eigenvalue weighted by atomic mass is 16.4. The van der Waals surface area contributed by atoms with Crippen LogP contribution in [0.1, 0.15) is 28.4 Å². The molecule has 3 N–H and O–H groups in total. The van der Waals surface area contributed by atoms with Gasteiger partial charge in [-0.2, -0.15) is 0 Å². The van der Waals surface area contributed by atoms with E-state index in [4.69, 9.17) is 0 Å². The number of carboxylic acids is 1. The molecule has 2 heterocycles. The first kappa shape index (κ1) is 20.6. The molecule has 0 aliphatic carbocycles. The number of rotatable bonds is 5. The van der Waals surface area contributed by atoms with E-state index in [-0.39, 0.29) is 18.4 Å². The average molecular weight is 421 g/mol. The molecule has 2 aliphatic rings. The number of hydrogen-bond donors (Lipinski definition) is 3. The van der Waals surface area contributed by atoms with Crippen molar-refractivity contribution in [2.24, 2.45) is 11.8 Å². The van der Waals surface area contributed by atoms with Gasteiger partial charge in [0.15, 0.2) is 0 Å². The van der Waals surface area contributed by atoms with Gasteiger partial charge in [-0.1, -0.05) is 42.5 Å². The fourth-order valence-electron chi connectivity index (χ4n) is 4.33. The number of aliphatic carboxylic acids is 1. The van der Waals surface area contributed by atoms with Crippen molar-refractivity contribution in [1.82, 2.24) is 15.5 Å². The number of nitrogens with one attached hydrogen (secondary N) is 2. The highest BCUT2D eigenvalue weighted by molar-refractivity contribution is 6.07. The first-order chi connectivity index (χ1) is 14.8. The minimum Gasteiger partial charge on any atom is -0.481 e. The van der Waals surface area contributed by atoms with E-state index in [1.807, 2.05) is 30.3 Å².